The molecule has 0 heterocycles. The average Bonchev–Trinajstić information content (AvgIpc) is 2.42. The lowest BCUT2D eigenvalue weighted by molar-refractivity contribution is 0.0187. The molecule has 0 spiro atoms. The van der Waals surface area contributed by atoms with Gasteiger partial charge in [0.1, 0.15) is 6.61 Å². The minimum Gasteiger partial charge on any atom is -0.409 e. The van der Waals surface area contributed by atoms with Crippen LogP contribution in [0.3, 0.4) is 0 Å². The molecule has 0 aliphatic heterocycles. The SMILES string of the molecule is N/C(=N/O)c1ccc(CNCCOCC(F)F)c(Cl)c1. The van der Waals surface area contributed by atoms with E-state index < -0.39 is 13.0 Å². The topological polar surface area (TPSA) is 79.9 Å². The van der Waals surface area contributed by atoms with Crippen LogP contribution in [-0.2, 0) is 11.3 Å². The minimum atomic E-state index is -2.45. The first-order valence-electron chi connectivity index (χ1n) is 5.87. The molecule has 1 rings (SSSR count). The van der Waals surface area contributed by atoms with Gasteiger partial charge in [0.15, 0.2) is 5.84 Å². The van der Waals surface area contributed by atoms with Crippen LogP contribution >= 0.6 is 11.6 Å². The van der Waals surface area contributed by atoms with E-state index in [-0.39, 0.29) is 12.4 Å². The van der Waals surface area contributed by atoms with Gasteiger partial charge in [-0.2, -0.15) is 0 Å². The zero-order valence-electron chi connectivity index (χ0n) is 10.7. The van der Waals surface area contributed by atoms with Crippen molar-refractivity contribution in [2.45, 2.75) is 13.0 Å². The molecular weight excluding hydrogens is 292 g/mol. The number of hydrogen-bond acceptors (Lipinski definition) is 4. The van der Waals surface area contributed by atoms with E-state index in [1.165, 1.54) is 0 Å². The molecule has 1 aromatic rings. The summed E-state index contributed by atoms with van der Waals surface area (Å²) in [6.07, 6.45) is -2.45. The third-order valence-corrected chi connectivity index (χ3v) is 2.79. The highest BCUT2D eigenvalue weighted by Crippen LogP contribution is 2.17. The molecule has 0 bridgehead atoms. The highest BCUT2D eigenvalue weighted by atomic mass is 35.5. The Hall–Kier alpha value is -1.44. The van der Waals surface area contributed by atoms with Crippen molar-refractivity contribution in [1.29, 1.82) is 0 Å². The van der Waals surface area contributed by atoms with Crippen molar-refractivity contribution in [1.82, 2.24) is 5.32 Å². The second kappa shape index (κ2) is 8.68. The fraction of sp³-hybridized carbons (Fsp3) is 0.417. The number of amidine groups is 1. The Morgan fingerprint density at radius 3 is 2.85 bits per heavy atom. The van der Waals surface area contributed by atoms with Gasteiger partial charge in [-0.1, -0.05) is 28.9 Å². The Balaban J connectivity index is 2.38. The zero-order chi connectivity index (χ0) is 15.0. The lowest BCUT2D eigenvalue weighted by Crippen LogP contribution is -2.21. The summed E-state index contributed by atoms with van der Waals surface area (Å²) in [4.78, 5) is 0. The quantitative estimate of drug-likeness (QED) is 0.225. The maximum atomic E-state index is 11.8. The summed E-state index contributed by atoms with van der Waals surface area (Å²) in [7, 11) is 0. The first kappa shape index (κ1) is 16.6. The van der Waals surface area contributed by atoms with E-state index in [2.05, 4.69) is 10.5 Å². The third-order valence-electron chi connectivity index (χ3n) is 2.44. The molecule has 0 saturated carbocycles. The van der Waals surface area contributed by atoms with E-state index in [1.54, 1.807) is 18.2 Å². The van der Waals surface area contributed by atoms with Crippen molar-refractivity contribution in [3.8, 4) is 0 Å². The molecule has 0 atom stereocenters. The Labute approximate surface area is 120 Å². The summed E-state index contributed by atoms with van der Waals surface area (Å²) in [6.45, 7) is 0.541. The number of rotatable bonds is 8. The van der Waals surface area contributed by atoms with Crippen LogP contribution in [0.15, 0.2) is 23.4 Å². The minimum absolute atomic E-state index is 0.0215. The molecule has 20 heavy (non-hydrogen) atoms. The number of benzene rings is 1. The molecule has 0 unspecified atom stereocenters. The molecule has 0 amide bonds. The van der Waals surface area contributed by atoms with Gasteiger partial charge in [0, 0.05) is 23.7 Å². The number of halogens is 3. The molecule has 0 radical (unpaired) electrons. The lowest BCUT2D eigenvalue weighted by Gasteiger charge is -2.08. The van der Waals surface area contributed by atoms with Gasteiger partial charge < -0.3 is 21.0 Å². The monoisotopic (exact) mass is 307 g/mol. The molecule has 0 aliphatic rings. The van der Waals surface area contributed by atoms with Crippen LogP contribution in [0.25, 0.3) is 0 Å². The fourth-order valence-corrected chi connectivity index (χ4v) is 1.69. The van der Waals surface area contributed by atoms with E-state index in [0.29, 0.717) is 23.7 Å². The third kappa shape index (κ3) is 5.68. The molecule has 5 nitrogen and oxygen atoms in total. The van der Waals surface area contributed by atoms with Crippen molar-refractivity contribution in [2.75, 3.05) is 19.8 Å². The normalized spacial score (nSPS) is 12.1. The van der Waals surface area contributed by atoms with Crippen LogP contribution < -0.4 is 11.1 Å². The predicted molar refractivity (Wildman–Crippen MR) is 72.5 cm³/mol. The van der Waals surface area contributed by atoms with Crippen molar-refractivity contribution in [3.05, 3.63) is 34.3 Å². The fourth-order valence-electron chi connectivity index (χ4n) is 1.45. The predicted octanol–water partition coefficient (Wildman–Crippen LogP) is 1.81. The maximum Gasteiger partial charge on any atom is 0.261 e. The van der Waals surface area contributed by atoms with Gasteiger partial charge in [0.2, 0.25) is 0 Å². The summed E-state index contributed by atoms with van der Waals surface area (Å²) in [5.74, 6) is -0.0215. The molecule has 0 aliphatic carbocycles. The highest BCUT2D eigenvalue weighted by molar-refractivity contribution is 6.31. The lowest BCUT2D eigenvalue weighted by atomic mass is 10.1. The van der Waals surface area contributed by atoms with Gasteiger partial charge >= 0.3 is 0 Å². The van der Waals surface area contributed by atoms with Gasteiger partial charge in [-0.25, -0.2) is 8.78 Å². The molecule has 0 saturated heterocycles. The standard InChI is InChI=1S/C12H16ClF2N3O2/c13-10-5-8(12(16)18-19)1-2-9(10)6-17-3-4-20-7-11(14)15/h1-2,5,11,17,19H,3-4,6-7H2,(H2,16,18). The van der Waals surface area contributed by atoms with Crippen LogP contribution in [0.1, 0.15) is 11.1 Å². The Morgan fingerprint density at radius 2 is 2.25 bits per heavy atom. The smallest absolute Gasteiger partial charge is 0.261 e. The van der Waals surface area contributed by atoms with E-state index in [9.17, 15) is 8.78 Å². The largest absolute Gasteiger partial charge is 0.409 e. The second-order valence-corrected chi connectivity index (χ2v) is 4.34. The maximum absolute atomic E-state index is 11.8. The van der Waals surface area contributed by atoms with E-state index >= 15 is 0 Å². The average molecular weight is 308 g/mol. The summed E-state index contributed by atoms with van der Waals surface area (Å²) in [6, 6.07) is 4.99. The van der Waals surface area contributed by atoms with Crippen LogP contribution in [0.4, 0.5) is 8.78 Å². The first-order valence-corrected chi connectivity index (χ1v) is 6.25. The van der Waals surface area contributed by atoms with Crippen molar-refractivity contribution in [2.24, 2.45) is 10.9 Å². The Kier molecular flexibility index (Phi) is 7.21. The summed E-state index contributed by atoms with van der Waals surface area (Å²) in [5, 5.41) is 14.9. The number of nitrogens with zero attached hydrogens (tertiary/aromatic N) is 1. The van der Waals surface area contributed by atoms with E-state index in [0.717, 1.165) is 5.56 Å². The summed E-state index contributed by atoms with van der Waals surface area (Å²) >= 11 is 6.05. The van der Waals surface area contributed by atoms with Crippen LogP contribution in [-0.4, -0.2) is 37.2 Å². The Morgan fingerprint density at radius 1 is 1.50 bits per heavy atom. The number of oxime groups is 1. The number of nitrogens with two attached hydrogens (primary N) is 1. The number of hydrogen-bond donors (Lipinski definition) is 3. The van der Waals surface area contributed by atoms with Crippen LogP contribution in [0.5, 0.6) is 0 Å². The van der Waals surface area contributed by atoms with Crippen molar-refractivity contribution >= 4 is 17.4 Å². The molecule has 1 aromatic carbocycles. The molecule has 0 fully saturated rings. The van der Waals surface area contributed by atoms with Gasteiger partial charge in [-0.3, -0.25) is 0 Å². The van der Waals surface area contributed by atoms with Gasteiger partial charge in [-0.15, -0.1) is 0 Å². The number of alkyl halides is 2. The van der Waals surface area contributed by atoms with Gasteiger partial charge in [-0.05, 0) is 11.6 Å². The summed E-state index contributed by atoms with van der Waals surface area (Å²) < 4.78 is 28.3. The molecule has 0 aromatic heterocycles. The van der Waals surface area contributed by atoms with E-state index in [1.807, 2.05) is 0 Å². The van der Waals surface area contributed by atoms with Gasteiger partial charge in [0.25, 0.3) is 6.43 Å². The van der Waals surface area contributed by atoms with Crippen molar-refractivity contribution in [3.63, 3.8) is 0 Å². The zero-order valence-corrected chi connectivity index (χ0v) is 11.4. The molecule has 4 N–H and O–H groups in total. The second-order valence-electron chi connectivity index (χ2n) is 3.93. The van der Waals surface area contributed by atoms with Gasteiger partial charge in [0.05, 0.1) is 6.61 Å². The molecule has 8 heteroatoms. The van der Waals surface area contributed by atoms with Crippen molar-refractivity contribution < 1.29 is 18.7 Å². The van der Waals surface area contributed by atoms with Crippen LogP contribution in [0, 0.1) is 0 Å². The first-order chi connectivity index (χ1) is 9.54. The molecule has 112 valence electrons. The Bertz CT molecular complexity index is 458. The number of ether oxygens (including phenoxy) is 1. The summed E-state index contributed by atoms with van der Waals surface area (Å²) in [5.41, 5.74) is 6.77. The number of nitrogens with one attached hydrogen (secondary N) is 1. The van der Waals surface area contributed by atoms with E-state index in [4.69, 9.17) is 27.3 Å². The molecular formula is C12H16ClF2N3O2. The highest BCUT2D eigenvalue weighted by Gasteiger charge is 2.05. The van der Waals surface area contributed by atoms with Crippen LogP contribution in [0.2, 0.25) is 5.02 Å².